The van der Waals surface area contributed by atoms with Gasteiger partial charge in [-0.15, -0.1) is 0 Å². The third-order valence-electron chi connectivity index (χ3n) is 5.25. The summed E-state index contributed by atoms with van der Waals surface area (Å²) in [6.45, 7) is 3.11. The molecule has 0 saturated carbocycles. The second-order valence-corrected chi connectivity index (χ2v) is 7.40. The number of Topliss-reactive ketones (excluding diaryl/α,β-unsaturated/α-hetero) is 1. The van der Waals surface area contributed by atoms with Crippen molar-refractivity contribution in [1.29, 1.82) is 0 Å². The standard InChI is InChI=1S/C22H23F3N2O2/c1-14-2-3-15(10-20(14)25)12-26-21(28)13-27-8-6-16(7-9-27)22(29)18-11-17(23)4-5-19(18)24/h2-5,10-11,16H,6-9,12-13H2,1H3,(H,26,28). The average Bonchev–Trinajstić information content (AvgIpc) is 2.71. The zero-order valence-corrected chi connectivity index (χ0v) is 16.2. The second-order valence-electron chi connectivity index (χ2n) is 7.40. The zero-order chi connectivity index (χ0) is 21.0. The largest absolute Gasteiger partial charge is 0.351 e. The first kappa shape index (κ1) is 21.0. The minimum absolute atomic E-state index is 0.170. The Kier molecular flexibility index (Phi) is 6.69. The molecule has 4 nitrogen and oxygen atoms in total. The van der Waals surface area contributed by atoms with Gasteiger partial charge in [-0.25, -0.2) is 13.2 Å². The first-order chi connectivity index (χ1) is 13.8. The normalized spacial score (nSPS) is 15.3. The molecule has 0 radical (unpaired) electrons. The van der Waals surface area contributed by atoms with Gasteiger partial charge in [0.05, 0.1) is 12.1 Å². The number of carbonyl (C=O) groups is 2. The quantitative estimate of drug-likeness (QED) is 0.749. The van der Waals surface area contributed by atoms with E-state index in [2.05, 4.69) is 5.32 Å². The van der Waals surface area contributed by atoms with Gasteiger partial charge in [-0.2, -0.15) is 0 Å². The number of nitrogens with one attached hydrogen (secondary N) is 1. The van der Waals surface area contributed by atoms with Crippen LogP contribution in [0.15, 0.2) is 36.4 Å². The molecule has 1 fully saturated rings. The molecule has 1 amide bonds. The number of aryl methyl sites for hydroxylation is 1. The lowest BCUT2D eigenvalue weighted by Crippen LogP contribution is -2.42. The van der Waals surface area contributed by atoms with Crippen molar-refractivity contribution in [2.45, 2.75) is 26.3 Å². The lowest BCUT2D eigenvalue weighted by molar-refractivity contribution is -0.122. The van der Waals surface area contributed by atoms with Crippen molar-refractivity contribution in [2.75, 3.05) is 19.6 Å². The highest BCUT2D eigenvalue weighted by Crippen LogP contribution is 2.23. The average molecular weight is 404 g/mol. The number of halogens is 3. The summed E-state index contributed by atoms with van der Waals surface area (Å²) in [5.41, 5.74) is 1.02. The van der Waals surface area contributed by atoms with Gasteiger partial charge >= 0.3 is 0 Å². The first-order valence-electron chi connectivity index (χ1n) is 9.57. The number of rotatable bonds is 6. The molecule has 1 saturated heterocycles. The minimum Gasteiger partial charge on any atom is -0.351 e. The van der Waals surface area contributed by atoms with Crippen LogP contribution >= 0.6 is 0 Å². The van der Waals surface area contributed by atoms with E-state index in [9.17, 15) is 22.8 Å². The highest BCUT2D eigenvalue weighted by molar-refractivity contribution is 5.98. The fourth-order valence-electron chi connectivity index (χ4n) is 3.47. The van der Waals surface area contributed by atoms with Crippen LogP contribution in [-0.4, -0.2) is 36.2 Å². The van der Waals surface area contributed by atoms with Crippen molar-refractivity contribution in [1.82, 2.24) is 10.2 Å². The van der Waals surface area contributed by atoms with Crippen molar-refractivity contribution in [3.63, 3.8) is 0 Å². The van der Waals surface area contributed by atoms with Gasteiger partial charge in [-0.1, -0.05) is 12.1 Å². The Balaban J connectivity index is 1.46. The number of ketones is 1. The van der Waals surface area contributed by atoms with Crippen LogP contribution in [0.2, 0.25) is 0 Å². The Hall–Kier alpha value is -2.67. The van der Waals surface area contributed by atoms with Crippen LogP contribution in [-0.2, 0) is 11.3 Å². The summed E-state index contributed by atoms with van der Waals surface area (Å²) in [6, 6.07) is 7.71. The summed E-state index contributed by atoms with van der Waals surface area (Å²) in [5, 5.41) is 2.76. The summed E-state index contributed by atoms with van der Waals surface area (Å²) in [7, 11) is 0. The Morgan fingerprint density at radius 2 is 1.76 bits per heavy atom. The van der Waals surface area contributed by atoms with Crippen molar-refractivity contribution < 1.29 is 22.8 Å². The highest BCUT2D eigenvalue weighted by Gasteiger charge is 2.28. The van der Waals surface area contributed by atoms with E-state index in [0.29, 0.717) is 37.1 Å². The van der Waals surface area contributed by atoms with Gasteiger partial charge in [-0.3, -0.25) is 14.5 Å². The number of likely N-dealkylation sites (tertiary alicyclic amines) is 1. The van der Waals surface area contributed by atoms with Crippen molar-refractivity contribution >= 4 is 11.7 Å². The fourth-order valence-corrected chi connectivity index (χ4v) is 3.47. The third-order valence-corrected chi connectivity index (χ3v) is 5.25. The summed E-state index contributed by atoms with van der Waals surface area (Å²) in [6.07, 6.45) is 0.955. The van der Waals surface area contributed by atoms with E-state index in [-0.39, 0.29) is 36.3 Å². The van der Waals surface area contributed by atoms with E-state index in [0.717, 1.165) is 18.2 Å². The number of benzene rings is 2. The van der Waals surface area contributed by atoms with Gasteiger partial charge in [0.15, 0.2) is 5.78 Å². The molecule has 0 aromatic heterocycles. The SMILES string of the molecule is Cc1ccc(CNC(=O)CN2CCC(C(=O)c3cc(F)ccc3F)CC2)cc1F. The molecular formula is C22H23F3N2O2. The molecule has 29 heavy (non-hydrogen) atoms. The van der Waals surface area contributed by atoms with Crippen LogP contribution < -0.4 is 5.32 Å². The van der Waals surface area contributed by atoms with Crippen LogP contribution in [0.25, 0.3) is 0 Å². The highest BCUT2D eigenvalue weighted by atomic mass is 19.1. The van der Waals surface area contributed by atoms with Gasteiger partial charge in [0.25, 0.3) is 0 Å². The van der Waals surface area contributed by atoms with E-state index in [1.54, 1.807) is 19.1 Å². The Bertz CT molecular complexity index is 909. The lowest BCUT2D eigenvalue weighted by atomic mass is 9.88. The minimum atomic E-state index is -0.717. The number of amides is 1. The molecule has 0 unspecified atom stereocenters. The maximum absolute atomic E-state index is 13.8. The number of nitrogens with zero attached hydrogens (tertiary/aromatic N) is 1. The van der Waals surface area contributed by atoms with Crippen molar-refractivity contribution in [3.8, 4) is 0 Å². The second kappa shape index (κ2) is 9.22. The Morgan fingerprint density at radius 3 is 2.45 bits per heavy atom. The molecule has 2 aromatic carbocycles. The van der Waals surface area contributed by atoms with E-state index in [1.165, 1.54) is 6.07 Å². The smallest absolute Gasteiger partial charge is 0.234 e. The summed E-state index contributed by atoms with van der Waals surface area (Å²) < 4.78 is 40.7. The molecule has 7 heteroatoms. The van der Waals surface area contributed by atoms with Crippen LogP contribution in [0, 0.1) is 30.3 Å². The third kappa shape index (κ3) is 5.44. The van der Waals surface area contributed by atoms with E-state index < -0.39 is 17.4 Å². The first-order valence-corrected chi connectivity index (χ1v) is 9.57. The molecule has 3 rings (SSSR count). The summed E-state index contributed by atoms with van der Waals surface area (Å²) in [4.78, 5) is 26.5. The number of hydrogen-bond acceptors (Lipinski definition) is 3. The number of piperidine rings is 1. The molecule has 1 aliphatic rings. The van der Waals surface area contributed by atoms with E-state index in [4.69, 9.17) is 0 Å². The molecule has 1 N–H and O–H groups in total. The van der Waals surface area contributed by atoms with Crippen LogP contribution in [0.3, 0.4) is 0 Å². The van der Waals surface area contributed by atoms with Gasteiger partial charge in [0, 0.05) is 12.5 Å². The molecule has 0 atom stereocenters. The van der Waals surface area contributed by atoms with E-state index in [1.807, 2.05) is 4.90 Å². The van der Waals surface area contributed by atoms with Gasteiger partial charge in [-0.05, 0) is 68.2 Å². The van der Waals surface area contributed by atoms with Crippen LogP contribution in [0.1, 0.15) is 34.3 Å². The van der Waals surface area contributed by atoms with Crippen molar-refractivity contribution in [3.05, 3.63) is 70.5 Å². The molecule has 1 heterocycles. The molecule has 1 aliphatic heterocycles. The maximum atomic E-state index is 13.8. The number of carbonyl (C=O) groups excluding carboxylic acids is 2. The Labute approximate surface area is 167 Å². The van der Waals surface area contributed by atoms with Gasteiger partial charge in [0.1, 0.15) is 17.5 Å². The van der Waals surface area contributed by atoms with Crippen LogP contribution in [0.5, 0.6) is 0 Å². The molecule has 2 aromatic rings. The molecule has 0 bridgehead atoms. The monoisotopic (exact) mass is 404 g/mol. The fraction of sp³-hybridized carbons (Fsp3) is 0.364. The zero-order valence-electron chi connectivity index (χ0n) is 16.2. The topological polar surface area (TPSA) is 49.4 Å². The predicted molar refractivity (Wildman–Crippen MR) is 103 cm³/mol. The molecule has 154 valence electrons. The van der Waals surface area contributed by atoms with E-state index >= 15 is 0 Å². The lowest BCUT2D eigenvalue weighted by Gasteiger charge is -2.30. The molecule has 0 spiro atoms. The summed E-state index contributed by atoms with van der Waals surface area (Å²) >= 11 is 0. The van der Waals surface area contributed by atoms with Crippen LogP contribution in [0.4, 0.5) is 13.2 Å². The van der Waals surface area contributed by atoms with Gasteiger partial charge < -0.3 is 5.32 Å². The maximum Gasteiger partial charge on any atom is 0.234 e. The molecular weight excluding hydrogens is 381 g/mol. The Morgan fingerprint density at radius 1 is 1.03 bits per heavy atom. The molecule has 0 aliphatic carbocycles. The van der Waals surface area contributed by atoms with Gasteiger partial charge in [0.2, 0.25) is 5.91 Å². The summed E-state index contributed by atoms with van der Waals surface area (Å²) in [5.74, 6) is -2.64. The number of hydrogen-bond donors (Lipinski definition) is 1. The predicted octanol–water partition coefficient (Wildman–Crippen LogP) is 3.62. The van der Waals surface area contributed by atoms with Crippen molar-refractivity contribution in [2.24, 2.45) is 5.92 Å².